The molecule has 1 aliphatic heterocycles. The van der Waals surface area contributed by atoms with E-state index in [2.05, 4.69) is 15.2 Å². The van der Waals surface area contributed by atoms with Crippen molar-refractivity contribution in [3.8, 4) is 0 Å². The Hall–Kier alpha value is -0.800. The van der Waals surface area contributed by atoms with Gasteiger partial charge in [-0.15, -0.1) is 24.0 Å². The molecule has 6 nitrogen and oxygen atoms in total. The first kappa shape index (κ1) is 20.2. The van der Waals surface area contributed by atoms with Crippen LogP contribution in [-0.2, 0) is 10.3 Å². The summed E-state index contributed by atoms with van der Waals surface area (Å²) in [4.78, 5) is 6.66. The molecule has 0 saturated carbocycles. The summed E-state index contributed by atoms with van der Waals surface area (Å²) in [5.74, 6) is 1.86. The summed E-state index contributed by atoms with van der Waals surface area (Å²) in [5.41, 5.74) is -1.11. The first-order valence-corrected chi connectivity index (χ1v) is 7.86. The Morgan fingerprint density at radius 3 is 2.91 bits per heavy atom. The first-order valence-electron chi connectivity index (χ1n) is 7.86. The number of halogens is 1. The zero-order valence-electron chi connectivity index (χ0n) is 14.1. The van der Waals surface area contributed by atoms with Crippen LogP contribution in [0.15, 0.2) is 27.8 Å². The molecule has 132 valence electrons. The normalized spacial score (nSPS) is 20.7. The second-order valence-electron chi connectivity index (χ2n) is 6.03. The number of rotatable bonds is 6. The third kappa shape index (κ3) is 5.96. The van der Waals surface area contributed by atoms with Crippen molar-refractivity contribution < 1.29 is 14.3 Å². The van der Waals surface area contributed by atoms with Crippen LogP contribution in [0, 0.1) is 5.92 Å². The Balaban J connectivity index is 0.00000264. The predicted octanol–water partition coefficient (Wildman–Crippen LogP) is 2.04. The van der Waals surface area contributed by atoms with Gasteiger partial charge in [-0.25, -0.2) is 4.99 Å². The lowest BCUT2D eigenvalue weighted by atomic mass is 10.0. The minimum atomic E-state index is -1.11. The molecule has 2 N–H and O–H groups in total. The maximum atomic E-state index is 10.5. The van der Waals surface area contributed by atoms with Gasteiger partial charge in [-0.3, -0.25) is 0 Å². The van der Waals surface area contributed by atoms with Gasteiger partial charge in [0.25, 0.3) is 0 Å². The lowest BCUT2D eigenvalue weighted by Crippen LogP contribution is -2.42. The van der Waals surface area contributed by atoms with Gasteiger partial charge in [0.05, 0.1) is 19.4 Å². The van der Waals surface area contributed by atoms with Gasteiger partial charge in [0, 0.05) is 32.7 Å². The average Bonchev–Trinajstić information content (AvgIpc) is 3.16. The van der Waals surface area contributed by atoms with Gasteiger partial charge in [0.1, 0.15) is 11.4 Å². The standard InChI is InChI=1S/C16H27N3O3.HI/c1-4-17-15(19(3)10-13-7-9-21-11-13)18-12-16(2,20)14-6-5-8-22-14;/h5-6,8,13,20H,4,7,9-12H2,1-3H3,(H,17,18);1H. The molecule has 0 spiro atoms. The van der Waals surface area contributed by atoms with Crippen molar-refractivity contribution in [2.75, 3.05) is 39.9 Å². The maximum absolute atomic E-state index is 10.5. The molecule has 1 aliphatic rings. The largest absolute Gasteiger partial charge is 0.466 e. The van der Waals surface area contributed by atoms with Gasteiger partial charge in [0.2, 0.25) is 0 Å². The van der Waals surface area contributed by atoms with Crippen LogP contribution in [0.1, 0.15) is 26.0 Å². The highest BCUT2D eigenvalue weighted by molar-refractivity contribution is 14.0. The summed E-state index contributed by atoms with van der Waals surface area (Å²) in [5, 5.41) is 13.8. The number of hydrogen-bond acceptors (Lipinski definition) is 4. The van der Waals surface area contributed by atoms with Gasteiger partial charge in [-0.2, -0.15) is 0 Å². The molecule has 7 heteroatoms. The second kappa shape index (κ2) is 9.48. The molecule has 23 heavy (non-hydrogen) atoms. The van der Waals surface area contributed by atoms with Crippen LogP contribution >= 0.6 is 24.0 Å². The summed E-state index contributed by atoms with van der Waals surface area (Å²) in [6.07, 6.45) is 2.65. The van der Waals surface area contributed by atoms with Gasteiger partial charge in [-0.1, -0.05) is 0 Å². The fourth-order valence-corrected chi connectivity index (χ4v) is 2.56. The number of nitrogens with one attached hydrogen (secondary N) is 1. The van der Waals surface area contributed by atoms with E-state index in [0.29, 0.717) is 11.7 Å². The molecule has 0 aromatic carbocycles. The van der Waals surface area contributed by atoms with Gasteiger partial charge in [-0.05, 0) is 32.4 Å². The topological polar surface area (TPSA) is 70.2 Å². The molecule has 0 amide bonds. The second-order valence-corrected chi connectivity index (χ2v) is 6.03. The molecule has 0 aliphatic carbocycles. The molecule has 1 fully saturated rings. The molecular formula is C16H28IN3O3. The monoisotopic (exact) mass is 437 g/mol. The third-order valence-corrected chi connectivity index (χ3v) is 3.84. The van der Waals surface area contributed by atoms with E-state index < -0.39 is 5.60 Å². The van der Waals surface area contributed by atoms with Gasteiger partial charge >= 0.3 is 0 Å². The quantitative estimate of drug-likeness (QED) is 0.405. The first-order chi connectivity index (χ1) is 10.5. The highest BCUT2D eigenvalue weighted by atomic mass is 127. The van der Waals surface area contributed by atoms with Crippen LogP contribution in [0.2, 0.25) is 0 Å². The Bertz CT molecular complexity index is 471. The Morgan fingerprint density at radius 2 is 2.35 bits per heavy atom. The summed E-state index contributed by atoms with van der Waals surface area (Å²) in [6.45, 7) is 7.33. The lowest BCUT2D eigenvalue weighted by molar-refractivity contribution is 0.0434. The fraction of sp³-hybridized carbons (Fsp3) is 0.688. The number of nitrogens with zero attached hydrogens (tertiary/aromatic N) is 2. The summed E-state index contributed by atoms with van der Waals surface area (Å²) in [7, 11) is 2.02. The zero-order valence-corrected chi connectivity index (χ0v) is 16.4. The maximum Gasteiger partial charge on any atom is 0.193 e. The molecule has 1 aromatic rings. The molecule has 1 saturated heterocycles. The molecule has 0 radical (unpaired) electrons. The predicted molar refractivity (Wildman–Crippen MR) is 101 cm³/mol. The number of hydrogen-bond donors (Lipinski definition) is 2. The van der Waals surface area contributed by atoms with Crippen LogP contribution in [0.5, 0.6) is 0 Å². The van der Waals surface area contributed by atoms with E-state index in [-0.39, 0.29) is 30.5 Å². The third-order valence-electron chi connectivity index (χ3n) is 3.84. The minimum absolute atomic E-state index is 0. The average molecular weight is 437 g/mol. The van der Waals surface area contributed by atoms with E-state index in [1.54, 1.807) is 25.3 Å². The Labute approximate surface area is 155 Å². The number of ether oxygens (including phenoxy) is 1. The molecule has 2 atom stereocenters. The minimum Gasteiger partial charge on any atom is -0.466 e. The molecular weight excluding hydrogens is 409 g/mol. The van der Waals surface area contributed by atoms with Crippen LogP contribution in [0.4, 0.5) is 0 Å². The van der Waals surface area contributed by atoms with E-state index in [1.807, 2.05) is 14.0 Å². The summed E-state index contributed by atoms with van der Waals surface area (Å²) < 4.78 is 10.7. The van der Waals surface area contributed by atoms with Crippen LogP contribution in [0.3, 0.4) is 0 Å². The van der Waals surface area contributed by atoms with Crippen molar-refractivity contribution in [3.63, 3.8) is 0 Å². The fourth-order valence-electron chi connectivity index (χ4n) is 2.56. The molecule has 1 aromatic heterocycles. The van der Waals surface area contributed by atoms with E-state index in [0.717, 1.165) is 38.7 Å². The zero-order chi connectivity index (χ0) is 16.0. The molecule has 0 bridgehead atoms. The van der Waals surface area contributed by atoms with Crippen LogP contribution < -0.4 is 5.32 Å². The Morgan fingerprint density at radius 1 is 1.57 bits per heavy atom. The Kier molecular flexibility index (Phi) is 8.35. The molecule has 2 unspecified atom stereocenters. The smallest absolute Gasteiger partial charge is 0.193 e. The summed E-state index contributed by atoms with van der Waals surface area (Å²) in [6, 6.07) is 3.53. The highest BCUT2D eigenvalue weighted by Crippen LogP contribution is 2.21. The van der Waals surface area contributed by atoms with Crippen molar-refractivity contribution in [1.29, 1.82) is 0 Å². The lowest BCUT2D eigenvalue weighted by Gasteiger charge is -2.26. The number of furan rings is 1. The van der Waals surface area contributed by atoms with Crippen LogP contribution in [0.25, 0.3) is 0 Å². The van der Waals surface area contributed by atoms with Crippen molar-refractivity contribution >= 4 is 29.9 Å². The van der Waals surface area contributed by atoms with Crippen molar-refractivity contribution in [2.45, 2.75) is 25.9 Å². The number of aliphatic imine (C=N–C) groups is 1. The SMILES string of the molecule is CCNC(=NCC(C)(O)c1ccco1)N(C)CC1CCOC1.I. The van der Waals surface area contributed by atoms with E-state index in [9.17, 15) is 5.11 Å². The van der Waals surface area contributed by atoms with Crippen LogP contribution in [-0.4, -0.2) is 55.9 Å². The van der Waals surface area contributed by atoms with Gasteiger partial charge < -0.3 is 24.5 Å². The van der Waals surface area contributed by atoms with Crippen molar-refractivity contribution in [1.82, 2.24) is 10.2 Å². The highest BCUT2D eigenvalue weighted by Gasteiger charge is 2.26. The molecule has 2 rings (SSSR count). The van der Waals surface area contributed by atoms with Crippen molar-refractivity contribution in [2.24, 2.45) is 10.9 Å². The molecule has 2 heterocycles. The van der Waals surface area contributed by atoms with E-state index in [4.69, 9.17) is 9.15 Å². The number of guanidine groups is 1. The van der Waals surface area contributed by atoms with Crippen molar-refractivity contribution in [3.05, 3.63) is 24.2 Å². The number of aliphatic hydroxyl groups is 1. The van der Waals surface area contributed by atoms with E-state index >= 15 is 0 Å². The van der Waals surface area contributed by atoms with Gasteiger partial charge in [0.15, 0.2) is 5.96 Å². The van der Waals surface area contributed by atoms with E-state index in [1.165, 1.54) is 0 Å². The summed E-state index contributed by atoms with van der Waals surface area (Å²) >= 11 is 0.